The highest BCUT2D eigenvalue weighted by Crippen LogP contribution is 2.34. The highest BCUT2D eigenvalue weighted by molar-refractivity contribution is 6.18. The Labute approximate surface area is 138 Å². The Hall–Kier alpha value is -3.01. The summed E-state index contributed by atoms with van der Waals surface area (Å²) < 4.78 is 0. The summed E-state index contributed by atoms with van der Waals surface area (Å²) >= 11 is 0. The highest BCUT2D eigenvalue weighted by atomic mass is 16.6. The summed E-state index contributed by atoms with van der Waals surface area (Å²) in [5.41, 5.74) is 3.94. The lowest BCUT2D eigenvalue weighted by Gasteiger charge is -2.10. The van der Waals surface area contributed by atoms with Gasteiger partial charge in [-0.15, -0.1) is 0 Å². The zero-order valence-corrected chi connectivity index (χ0v) is 13.2. The van der Waals surface area contributed by atoms with Crippen LogP contribution in [0.3, 0.4) is 0 Å². The van der Waals surface area contributed by atoms with Crippen LogP contribution in [-0.2, 0) is 12.8 Å². The number of nitrogens with zero attached hydrogens (tertiary/aromatic N) is 1. The number of benzene rings is 3. The van der Waals surface area contributed by atoms with E-state index in [1.54, 1.807) is 19.1 Å². The van der Waals surface area contributed by atoms with Crippen molar-refractivity contribution >= 4 is 22.2 Å². The molecule has 1 aliphatic carbocycles. The number of carbonyl (C=O) groups is 1. The fourth-order valence-corrected chi connectivity index (χ4v) is 3.66. The molecule has 0 atom stereocenters. The fraction of sp³-hybridized carbons (Fsp3) is 0.150. The van der Waals surface area contributed by atoms with Crippen molar-refractivity contribution in [1.82, 2.24) is 0 Å². The van der Waals surface area contributed by atoms with Gasteiger partial charge in [0.2, 0.25) is 0 Å². The highest BCUT2D eigenvalue weighted by Gasteiger charge is 2.23. The Bertz CT molecular complexity index is 1010. The summed E-state index contributed by atoms with van der Waals surface area (Å²) in [6.45, 7) is 1.63. The van der Waals surface area contributed by atoms with Crippen LogP contribution in [0.4, 0.5) is 5.69 Å². The molecular weight excluding hydrogens is 302 g/mol. The van der Waals surface area contributed by atoms with E-state index in [1.165, 1.54) is 22.6 Å². The minimum Gasteiger partial charge on any atom is -0.289 e. The van der Waals surface area contributed by atoms with Crippen molar-refractivity contribution in [3.63, 3.8) is 0 Å². The van der Waals surface area contributed by atoms with E-state index in [4.69, 9.17) is 0 Å². The molecule has 0 saturated carbocycles. The third kappa shape index (κ3) is 2.03. The molecule has 0 aromatic heterocycles. The summed E-state index contributed by atoms with van der Waals surface area (Å²) in [6, 6.07) is 14.6. The molecule has 0 spiro atoms. The van der Waals surface area contributed by atoms with Crippen LogP contribution >= 0.6 is 0 Å². The second kappa shape index (κ2) is 5.27. The maximum absolute atomic E-state index is 13.1. The van der Waals surface area contributed by atoms with Crippen LogP contribution in [0.1, 0.15) is 32.6 Å². The molecule has 0 radical (unpaired) electrons. The van der Waals surface area contributed by atoms with E-state index in [1.807, 2.05) is 24.3 Å². The lowest BCUT2D eigenvalue weighted by molar-refractivity contribution is -0.385. The molecule has 118 valence electrons. The van der Waals surface area contributed by atoms with Crippen LogP contribution in [0.25, 0.3) is 10.8 Å². The van der Waals surface area contributed by atoms with E-state index in [-0.39, 0.29) is 11.5 Å². The van der Waals surface area contributed by atoms with Gasteiger partial charge in [-0.25, -0.2) is 0 Å². The van der Waals surface area contributed by atoms with Gasteiger partial charge < -0.3 is 0 Å². The average Bonchev–Trinajstić information content (AvgIpc) is 3.00. The predicted octanol–water partition coefficient (Wildman–Crippen LogP) is 4.39. The van der Waals surface area contributed by atoms with Crippen molar-refractivity contribution in [2.24, 2.45) is 0 Å². The molecule has 0 N–H and O–H groups in total. The average molecular weight is 317 g/mol. The number of rotatable bonds is 3. The third-order valence-corrected chi connectivity index (χ3v) is 4.87. The molecule has 3 aromatic carbocycles. The zero-order chi connectivity index (χ0) is 16.8. The van der Waals surface area contributed by atoms with Crippen molar-refractivity contribution in [2.75, 3.05) is 0 Å². The van der Waals surface area contributed by atoms with Crippen molar-refractivity contribution in [3.05, 3.63) is 86.5 Å². The van der Waals surface area contributed by atoms with Crippen molar-refractivity contribution in [1.29, 1.82) is 0 Å². The number of hydrogen-bond acceptors (Lipinski definition) is 3. The molecule has 0 fully saturated rings. The summed E-state index contributed by atoms with van der Waals surface area (Å²) in [7, 11) is 0. The van der Waals surface area contributed by atoms with E-state index >= 15 is 0 Å². The van der Waals surface area contributed by atoms with Gasteiger partial charge in [0.15, 0.2) is 5.78 Å². The maximum atomic E-state index is 13.1. The third-order valence-electron chi connectivity index (χ3n) is 4.87. The summed E-state index contributed by atoms with van der Waals surface area (Å²) in [5.74, 6) is -0.160. The van der Waals surface area contributed by atoms with E-state index in [9.17, 15) is 14.9 Å². The van der Waals surface area contributed by atoms with Crippen molar-refractivity contribution < 1.29 is 9.72 Å². The Kier molecular flexibility index (Phi) is 3.20. The zero-order valence-electron chi connectivity index (χ0n) is 13.2. The molecule has 0 heterocycles. The molecule has 0 amide bonds. The number of aryl methyl sites for hydroxylation is 2. The molecule has 0 saturated heterocycles. The van der Waals surface area contributed by atoms with Gasteiger partial charge in [-0.2, -0.15) is 0 Å². The first-order valence-corrected chi connectivity index (χ1v) is 7.90. The standard InChI is InChI=1S/C20H15NO3/c1-12-15(5-3-7-18(12)21(23)24)20(22)17-11-10-14-9-8-13-4-2-6-16(17)19(13)14/h2-7,10-11H,8-9H2,1H3. The first-order valence-electron chi connectivity index (χ1n) is 7.90. The Morgan fingerprint density at radius 1 is 0.958 bits per heavy atom. The summed E-state index contributed by atoms with van der Waals surface area (Å²) in [5, 5.41) is 13.3. The SMILES string of the molecule is Cc1c(C(=O)c2ccc3c4c(cccc24)CC3)cccc1[N+](=O)[O-]. The van der Waals surface area contributed by atoms with Gasteiger partial charge in [0.25, 0.3) is 5.69 Å². The predicted molar refractivity (Wildman–Crippen MR) is 92.6 cm³/mol. The van der Waals surface area contributed by atoms with Crippen LogP contribution in [0.5, 0.6) is 0 Å². The second-order valence-electron chi connectivity index (χ2n) is 6.15. The van der Waals surface area contributed by atoms with Crippen LogP contribution in [0.15, 0.2) is 48.5 Å². The molecule has 4 heteroatoms. The number of nitro benzene ring substituents is 1. The largest absolute Gasteiger partial charge is 0.289 e. The van der Waals surface area contributed by atoms with Crippen LogP contribution < -0.4 is 0 Å². The summed E-state index contributed by atoms with van der Waals surface area (Å²) in [4.78, 5) is 23.8. The normalized spacial score (nSPS) is 12.5. The molecule has 4 nitrogen and oxygen atoms in total. The Morgan fingerprint density at radius 2 is 1.67 bits per heavy atom. The first kappa shape index (κ1) is 14.6. The Morgan fingerprint density at radius 3 is 2.42 bits per heavy atom. The molecule has 24 heavy (non-hydrogen) atoms. The van der Waals surface area contributed by atoms with E-state index in [0.717, 1.165) is 18.2 Å². The molecule has 0 bridgehead atoms. The molecule has 0 unspecified atom stereocenters. The molecule has 3 aromatic rings. The monoisotopic (exact) mass is 317 g/mol. The van der Waals surface area contributed by atoms with Crippen LogP contribution in [0, 0.1) is 17.0 Å². The Balaban J connectivity index is 1.93. The number of carbonyl (C=O) groups excluding carboxylic acids is 1. The number of nitro groups is 1. The van der Waals surface area contributed by atoms with Crippen molar-refractivity contribution in [3.8, 4) is 0 Å². The van der Waals surface area contributed by atoms with Gasteiger partial charge in [0, 0.05) is 22.8 Å². The fourth-order valence-electron chi connectivity index (χ4n) is 3.66. The topological polar surface area (TPSA) is 60.2 Å². The van der Waals surface area contributed by atoms with Crippen LogP contribution in [-0.4, -0.2) is 10.7 Å². The van der Waals surface area contributed by atoms with Gasteiger partial charge in [-0.3, -0.25) is 14.9 Å². The minimum atomic E-state index is -0.445. The molecule has 1 aliphatic rings. The lowest BCUT2D eigenvalue weighted by Crippen LogP contribution is -2.06. The molecule has 4 rings (SSSR count). The number of hydrogen-bond donors (Lipinski definition) is 0. The first-order chi connectivity index (χ1) is 11.6. The molecule has 0 aliphatic heterocycles. The van der Waals surface area contributed by atoms with Crippen LogP contribution in [0.2, 0.25) is 0 Å². The van der Waals surface area contributed by atoms with Gasteiger partial charge in [-0.1, -0.05) is 42.5 Å². The minimum absolute atomic E-state index is 0.0215. The van der Waals surface area contributed by atoms with Gasteiger partial charge in [-0.05, 0) is 41.7 Å². The van der Waals surface area contributed by atoms with E-state index in [0.29, 0.717) is 16.7 Å². The summed E-state index contributed by atoms with van der Waals surface area (Å²) in [6.07, 6.45) is 2.00. The second-order valence-corrected chi connectivity index (χ2v) is 6.15. The van der Waals surface area contributed by atoms with Gasteiger partial charge in [0.05, 0.1) is 4.92 Å². The number of ketones is 1. The maximum Gasteiger partial charge on any atom is 0.273 e. The van der Waals surface area contributed by atoms with Gasteiger partial charge in [0.1, 0.15) is 0 Å². The van der Waals surface area contributed by atoms with Crippen molar-refractivity contribution in [2.45, 2.75) is 19.8 Å². The quantitative estimate of drug-likeness (QED) is 0.409. The molecular formula is C20H15NO3. The van der Waals surface area contributed by atoms with Gasteiger partial charge >= 0.3 is 0 Å². The lowest BCUT2D eigenvalue weighted by atomic mass is 9.92. The van der Waals surface area contributed by atoms with E-state index < -0.39 is 4.92 Å². The van der Waals surface area contributed by atoms with E-state index in [2.05, 4.69) is 6.07 Å². The smallest absolute Gasteiger partial charge is 0.273 e.